The lowest BCUT2D eigenvalue weighted by Gasteiger charge is -2.09. The van der Waals surface area contributed by atoms with E-state index in [1.807, 2.05) is 31.2 Å². The summed E-state index contributed by atoms with van der Waals surface area (Å²) in [6.07, 6.45) is 0. The number of benzene rings is 3. The normalized spacial score (nSPS) is 10.9. The summed E-state index contributed by atoms with van der Waals surface area (Å²) in [5.74, 6) is 0.231. The van der Waals surface area contributed by atoms with Crippen LogP contribution in [-0.2, 0) is 0 Å². The first-order valence-electron chi connectivity index (χ1n) is 10.4. The number of rotatable bonds is 5. The standard InChI is InChI=1S/C24H18FN7O2/c1-14-4-3-5-18(12-14)24-29-28-23(34-24)17-8-6-16(7-9-17)22(33)26-21-13-19(10-11-20(21)25)32-15(2)27-30-31-32/h3-13H,1-2H3,(H,26,33). The zero-order valence-corrected chi connectivity index (χ0v) is 18.2. The number of carbonyl (C=O) groups excluding carboxylic acids is 1. The van der Waals surface area contributed by atoms with Crippen molar-refractivity contribution < 1.29 is 13.6 Å². The van der Waals surface area contributed by atoms with Gasteiger partial charge in [-0.05, 0) is 78.9 Å². The molecule has 0 unspecified atom stereocenters. The minimum atomic E-state index is -0.575. The molecule has 3 aromatic carbocycles. The van der Waals surface area contributed by atoms with Crippen LogP contribution in [-0.4, -0.2) is 36.3 Å². The molecule has 34 heavy (non-hydrogen) atoms. The van der Waals surface area contributed by atoms with Crippen molar-refractivity contribution in [3.8, 4) is 28.6 Å². The quantitative estimate of drug-likeness (QED) is 0.418. The van der Waals surface area contributed by atoms with E-state index in [4.69, 9.17) is 4.42 Å². The second-order valence-electron chi connectivity index (χ2n) is 7.62. The van der Waals surface area contributed by atoms with Crippen LogP contribution in [0.2, 0.25) is 0 Å². The summed E-state index contributed by atoms with van der Waals surface area (Å²) < 4.78 is 21.6. The van der Waals surface area contributed by atoms with Crippen molar-refractivity contribution in [2.75, 3.05) is 5.32 Å². The third-order valence-corrected chi connectivity index (χ3v) is 5.15. The van der Waals surface area contributed by atoms with E-state index in [0.717, 1.165) is 11.1 Å². The first-order chi connectivity index (χ1) is 16.5. The predicted octanol–water partition coefficient (Wildman–Crippen LogP) is 4.39. The highest BCUT2D eigenvalue weighted by molar-refractivity contribution is 6.04. The molecule has 168 valence electrons. The first-order valence-corrected chi connectivity index (χ1v) is 10.4. The maximum Gasteiger partial charge on any atom is 0.255 e. The Labute approximate surface area is 193 Å². The van der Waals surface area contributed by atoms with Crippen molar-refractivity contribution >= 4 is 11.6 Å². The number of anilines is 1. The average molecular weight is 455 g/mol. The summed E-state index contributed by atoms with van der Waals surface area (Å²) in [5.41, 5.74) is 3.45. The van der Waals surface area contributed by atoms with Gasteiger partial charge in [0.1, 0.15) is 5.82 Å². The number of halogens is 1. The molecule has 0 atom stereocenters. The molecule has 5 rings (SSSR count). The number of nitrogens with one attached hydrogen (secondary N) is 1. The second kappa shape index (κ2) is 8.66. The molecule has 0 spiro atoms. The van der Waals surface area contributed by atoms with Crippen LogP contribution in [0.3, 0.4) is 0 Å². The van der Waals surface area contributed by atoms with Crippen molar-refractivity contribution in [2.24, 2.45) is 0 Å². The van der Waals surface area contributed by atoms with Gasteiger partial charge in [0, 0.05) is 16.7 Å². The van der Waals surface area contributed by atoms with E-state index in [1.54, 1.807) is 31.2 Å². The highest BCUT2D eigenvalue weighted by atomic mass is 19.1. The molecule has 1 amide bonds. The molecule has 2 aromatic heterocycles. The lowest BCUT2D eigenvalue weighted by Crippen LogP contribution is -2.13. The summed E-state index contributed by atoms with van der Waals surface area (Å²) >= 11 is 0. The molecular weight excluding hydrogens is 437 g/mol. The molecule has 9 nitrogen and oxygen atoms in total. The van der Waals surface area contributed by atoms with E-state index in [9.17, 15) is 9.18 Å². The molecule has 0 radical (unpaired) electrons. The Morgan fingerprint density at radius 3 is 2.38 bits per heavy atom. The van der Waals surface area contributed by atoms with Crippen molar-refractivity contribution in [1.29, 1.82) is 0 Å². The third kappa shape index (κ3) is 4.16. The molecule has 0 aliphatic heterocycles. The van der Waals surface area contributed by atoms with Crippen LogP contribution in [0.25, 0.3) is 28.6 Å². The van der Waals surface area contributed by atoms with E-state index < -0.39 is 11.7 Å². The highest BCUT2D eigenvalue weighted by Crippen LogP contribution is 2.25. The highest BCUT2D eigenvalue weighted by Gasteiger charge is 2.14. The van der Waals surface area contributed by atoms with E-state index in [0.29, 0.717) is 34.4 Å². The summed E-state index contributed by atoms with van der Waals surface area (Å²) in [7, 11) is 0. The molecule has 10 heteroatoms. The van der Waals surface area contributed by atoms with Gasteiger partial charge in [-0.2, -0.15) is 4.68 Å². The largest absolute Gasteiger partial charge is 0.416 e. The fourth-order valence-corrected chi connectivity index (χ4v) is 3.40. The van der Waals surface area contributed by atoms with Gasteiger partial charge in [0.2, 0.25) is 11.8 Å². The predicted molar refractivity (Wildman–Crippen MR) is 122 cm³/mol. The molecule has 0 saturated carbocycles. The van der Waals surface area contributed by atoms with Crippen molar-refractivity contribution in [3.63, 3.8) is 0 Å². The SMILES string of the molecule is Cc1cccc(-c2nnc(-c3ccc(C(=O)Nc4cc(-n5nnnc5C)ccc4F)cc3)o2)c1. The Morgan fingerprint density at radius 2 is 1.68 bits per heavy atom. The fraction of sp³-hybridized carbons (Fsp3) is 0.0833. The van der Waals surface area contributed by atoms with Crippen LogP contribution in [0.5, 0.6) is 0 Å². The van der Waals surface area contributed by atoms with Gasteiger partial charge in [-0.15, -0.1) is 15.3 Å². The van der Waals surface area contributed by atoms with Gasteiger partial charge in [0.15, 0.2) is 5.82 Å². The van der Waals surface area contributed by atoms with Crippen molar-refractivity contribution in [2.45, 2.75) is 13.8 Å². The molecule has 1 N–H and O–H groups in total. The molecular formula is C24H18FN7O2. The lowest BCUT2D eigenvalue weighted by atomic mass is 10.1. The average Bonchev–Trinajstić information content (AvgIpc) is 3.50. The molecule has 0 bridgehead atoms. The van der Waals surface area contributed by atoms with Gasteiger partial charge in [-0.1, -0.05) is 17.7 Å². The maximum absolute atomic E-state index is 14.3. The summed E-state index contributed by atoms with van der Waals surface area (Å²) in [4.78, 5) is 12.7. The van der Waals surface area contributed by atoms with Gasteiger partial charge in [0.05, 0.1) is 11.4 Å². The summed E-state index contributed by atoms with van der Waals surface area (Å²) in [5, 5.41) is 22.1. The van der Waals surface area contributed by atoms with Gasteiger partial charge in [-0.25, -0.2) is 4.39 Å². The molecule has 0 saturated heterocycles. The van der Waals surface area contributed by atoms with Crippen molar-refractivity contribution in [3.05, 3.63) is 89.5 Å². The first kappa shape index (κ1) is 21.1. The number of hydrogen-bond donors (Lipinski definition) is 1. The number of carbonyl (C=O) groups is 1. The third-order valence-electron chi connectivity index (χ3n) is 5.15. The Bertz CT molecular complexity index is 1490. The Morgan fingerprint density at radius 1 is 0.912 bits per heavy atom. The minimum absolute atomic E-state index is 0.0150. The lowest BCUT2D eigenvalue weighted by molar-refractivity contribution is 0.102. The van der Waals surface area contributed by atoms with Crippen molar-refractivity contribution in [1.82, 2.24) is 30.4 Å². The molecule has 2 heterocycles. The second-order valence-corrected chi connectivity index (χ2v) is 7.62. The summed E-state index contributed by atoms with van der Waals surface area (Å²) in [6.45, 7) is 3.70. The van der Waals surface area contributed by atoms with Gasteiger partial charge >= 0.3 is 0 Å². The smallest absolute Gasteiger partial charge is 0.255 e. The van der Waals surface area contributed by atoms with Gasteiger partial charge in [0.25, 0.3) is 5.91 Å². The maximum atomic E-state index is 14.3. The molecule has 0 aliphatic carbocycles. The molecule has 5 aromatic rings. The Kier molecular flexibility index (Phi) is 5.38. The van der Waals surface area contributed by atoms with Crippen LogP contribution in [0.15, 0.2) is 71.1 Å². The van der Waals surface area contributed by atoms with E-state index in [-0.39, 0.29) is 5.69 Å². The Balaban J connectivity index is 1.34. The number of amides is 1. The topological polar surface area (TPSA) is 112 Å². The zero-order chi connectivity index (χ0) is 23.7. The molecule has 0 fully saturated rings. The number of aryl methyl sites for hydroxylation is 2. The number of nitrogens with zero attached hydrogens (tertiary/aromatic N) is 6. The van der Waals surface area contributed by atoms with Crippen LogP contribution in [0.4, 0.5) is 10.1 Å². The fourth-order valence-electron chi connectivity index (χ4n) is 3.40. The number of tetrazole rings is 1. The van der Waals surface area contributed by atoms with E-state index in [1.165, 1.54) is 22.9 Å². The monoisotopic (exact) mass is 455 g/mol. The number of aromatic nitrogens is 6. The zero-order valence-electron chi connectivity index (χ0n) is 18.2. The van der Waals surface area contributed by atoms with Crippen LogP contribution in [0.1, 0.15) is 21.7 Å². The Hall–Kier alpha value is -4.73. The van der Waals surface area contributed by atoms with Gasteiger partial charge < -0.3 is 9.73 Å². The van der Waals surface area contributed by atoms with Crippen LogP contribution >= 0.6 is 0 Å². The number of hydrogen-bond acceptors (Lipinski definition) is 7. The van der Waals surface area contributed by atoms with Gasteiger partial charge in [-0.3, -0.25) is 4.79 Å². The van der Waals surface area contributed by atoms with E-state index in [2.05, 4.69) is 31.0 Å². The minimum Gasteiger partial charge on any atom is -0.416 e. The summed E-state index contributed by atoms with van der Waals surface area (Å²) in [6, 6.07) is 18.6. The van der Waals surface area contributed by atoms with Crippen LogP contribution < -0.4 is 5.32 Å². The van der Waals surface area contributed by atoms with Crippen LogP contribution in [0, 0.1) is 19.7 Å². The van der Waals surface area contributed by atoms with E-state index >= 15 is 0 Å². The molecule has 0 aliphatic rings.